The van der Waals surface area contributed by atoms with E-state index in [0.717, 1.165) is 30.9 Å². The van der Waals surface area contributed by atoms with Crippen LogP contribution in [0, 0.1) is 5.92 Å². The number of ether oxygens (including phenoxy) is 2. The van der Waals surface area contributed by atoms with Crippen molar-refractivity contribution in [3.8, 4) is 11.5 Å². The van der Waals surface area contributed by atoms with Crippen molar-refractivity contribution in [2.75, 3.05) is 27.2 Å². The molecule has 1 aliphatic rings. The maximum absolute atomic E-state index is 11.5. The largest absolute Gasteiger partial charge is 0.495 e. The van der Waals surface area contributed by atoms with Crippen LogP contribution in [0.4, 0.5) is 0 Å². The van der Waals surface area contributed by atoms with Crippen LogP contribution in [0.3, 0.4) is 0 Å². The average molecular weight is 375 g/mol. The number of benzene rings is 2. The second-order valence-electron chi connectivity index (χ2n) is 6.41. The molecule has 2 aromatic carbocycles. The Morgan fingerprint density at radius 1 is 1.19 bits per heavy atom. The van der Waals surface area contributed by atoms with Crippen LogP contribution in [0.2, 0.25) is 5.02 Å². The number of hydrogen-bond donors (Lipinski definition) is 1. The van der Waals surface area contributed by atoms with Gasteiger partial charge in [0, 0.05) is 26.7 Å². The molecule has 1 fully saturated rings. The molecule has 26 heavy (non-hydrogen) atoms. The maximum Gasteiger partial charge on any atom is 0.225 e. The van der Waals surface area contributed by atoms with E-state index in [1.807, 2.05) is 24.3 Å². The number of methoxy groups -OCH3 is 1. The van der Waals surface area contributed by atoms with E-state index in [1.54, 1.807) is 20.2 Å². The van der Waals surface area contributed by atoms with Crippen molar-refractivity contribution in [3.05, 3.63) is 58.6 Å². The summed E-state index contributed by atoms with van der Waals surface area (Å²) in [4.78, 5) is 13.8. The summed E-state index contributed by atoms with van der Waals surface area (Å²) in [5.41, 5.74) is 2.21. The molecule has 0 aromatic heterocycles. The number of carbonyl (C=O) groups excluding carboxylic acids is 1. The zero-order valence-corrected chi connectivity index (χ0v) is 15.8. The van der Waals surface area contributed by atoms with E-state index >= 15 is 0 Å². The summed E-state index contributed by atoms with van der Waals surface area (Å²) in [5, 5.41) is 3.29. The van der Waals surface area contributed by atoms with E-state index < -0.39 is 0 Å². The molecule has 3 rings (SSSR count). The maximum atomic E-state index is 11.5. The first-order valence-electron chi connectivity index (χ1n) is 8.57. The molecule has 0 bridgehead atoms. The molecule has 1 amide bonds. The smallest absolute Gasteiger partial charge is 0.225 e. The zero-order chi connectivity index (χ0) is 18.5. The Morgan fingerprint density at radius 2 is 1.88 bits per heavy atom. The fourth-order valence-electron chi connectivity index (χ4n) is 2.98. The third-order valence-corrected chi connectivity index (χ3v) is 4.84. The van der Waals surface area contributed by atoms with Crippen molar-refractivity contribution < 1.29 is 14.3 Å². The van der Waals surface area contributed by atoms with Crippen LogP contribution in [0.15, 0.2) is 42.5 Å². The predicted octanol–water partition coefficient (Wildman–Crippen LogP) is 3.11. The van der Waals surface area contributed by atoms with Crippen molar-refractivity contribution in [2.45, 2.75) is 13.2 Å². The number of amides is 1. The molecule has 1 saturated heterocycles. The van der Waals surface area contributed by atoms with Gasteiger partial charge in [0.15, 0.2) is 0 Å². The van der Waals surface area contributed by atoms with Gasteiger partial charge in [0.2, 0.25) is 5.91 Å². The van der Waals surface area contributed by atoms with Crippen LogP contribution >= 0.6 is 11.6 Å². The summed E-state index contributed by atoms with van der Waals surface area (Å²) < 4.78 is 11.0. The van der Waals surface area contributed by atoms with Crippen LogP contribution in [0.5, 0.6) is 11.5 Å². The second kappa shape index (κ2) is 8.43. The Labute approximate surface area is 158 Å². The fraction of sp³-hybridized carbons (Fsp3) is 0.350. The SMILES string of the molecule is CNC(=O)C1CN(Cc2ccc(OCc3ccc(Cl)c(OC)c3)cc2)C1. The zero-order valence-electron chi connectivity index (χ0n) is 15.0. The van der Waals surface area contributed by atoms with E-state index in [0.29, 0.717) is 17.4 Å². The third-order valence-electron chi connectivity index (χ3n) is 4.52. The van der Waals surface area contributed by atoms with Gasteiger partial charge in [0.1, 0.15) is 18.1 Å². The highest BCUT2D eigenvalue weighted by atomic mass is 35.5. The highest BCUT2D eigenvalue weighted by molar-refractivity contribution is 6.32. The molecule has 0 radical (unpaired) electrons. The lowest BCUT2D eigenvalue weighted by molar-refractivity contribution is -0.129. The van der Waals surface area contributed by atoms with Crippen molar-refractivity contribution in [1.29, 1.82) is 0 Å². The Hall–Kier alpha value is -2.24. The number of nitrogens with one attached hydrogen (secondary N) is 1. The first-order chi connectivity index (χ1) is 12.6. The summed E-state index contributed by atoms with van der Waals surface area (Å²) >= 11 is 6.03. The van der Waals surface area contributed by atoms with Gasteiger partial charge in [-0.3, -0.25) is 9.69 Å². The van der Waals surface area contributed by atoms with Gasteiger partial charge in [0.05, 0.1) is 18.1 Å². The summed E-state index contributed by atoms with van der Waals surface area (Å²) in [5.74, 6) is 1.71. The van der Waals surface area contributed by atoms with Gasteiger partial charge in [0.25, 0.3) is 0 Å². The van der Waals surface area contributed by atoms with E-state index in [1.165, 1.54) is 5.56 Å². The van der Waals surface area contributed by atoms with Crippen LogP contribution < -0.4 is 14.8 Å². The highest BCUT2D eigenvalue weighted by Crippen LogP contribution is 2.26. The van der Waals surface area contributed by atoms with Crippen LogP contribution in [0.25, 0.3) is 0 Å². The summed E-state index contributed by atoms with van der Waals surface area (Å²) in [6, 6.07) is 13.7. The molecule has 2 aromatic rings. The van der Waals surface area contributed by atoms with Gasteiger partial charge in [-0.2, -0.15) is 0 Å². The minimum atomic E-state index is 0.124. The molecular formula is C20H23ClN2O3. The summed E-state index contributed by atoms with van der Waals surface area (Å²) in [6.45, 7) is 2.93. The minimum Gasteiger partial charge on any atom is -0.495 e. The van der Waals surface area contributed by atoms with E-state index in [-0.39, 0.29) is 11.8 Å². The Morgan fingerprint density at radius 3 is 2.54 bits per heavy atom. The highest BCUT2D eigenvalue weighted by Gasteiger charge is 2.31. The molecule has 0 unspecified atom stereocenters. The molecule has 1 N–H and O–H groups in total. The van der Waals surface area contributed by atoms with Gasteiger partial charge in [-0.15, -0.1) is 0 Å². The van der Waals surface area contributed by atoms with Crippen LogP contribution in [-0.4, -0.2) is 38.1 Å². The normalized spacial score (nSPS) is 14.6. The van der Waals surface area contributed by atoms with Crippen molar-refractivity contribution >= 4 is 17.5 Å². The topological polar surface area (TPSA) is 50.8 Å². The standard InChI is InChI=1S/C20H23ClN2O3/c1-22-20(24)16-11-23(12-16)10-14-3-6-17(7-4-14)26-13-15-5-8-18(21)19(9-15)25-2/h3-9,16H,10-13H2,1-2H3,(H,22,24). The molecule has 138 valence electrons. The number of likely N-dealkylation sites (tertiary alicyclic amines) is 1. The van der Waals surface area contributed by atoms with Gasteiger partial charge in [-0.05, 0) is 35.4 Å². The van der Waals surface area contributed by atoms with Gasteiger partial charge >= 0.3 is 0 Å². The average Bonchev–Trinajstić information content (AvgIpc) is 2.64. The quantitative estimate of drug-likeness (QED) is 0.809. The lowest BCUT2D eigenvalue weighted by Crippen LogP contribution is -2.52. The molecule has 6 heteroatoms. The molecule has 0 aliphatic carbocycles. The Bertz CT molecular complexity index is 758. The Kier molecular flexibility index (Phi) is 6.01. The molecule has 0 saturated carbocycles. The lowest BCUT2D eigenvalue weighted by atomic mass is 9.98. The first-order valence-corrected chi connectivity index (χ1v) is 8.95. The monoisotopic (exact) mass is 374 g/mol. The third kappa shape index (κ3) is 4.48. The van der Waals surface area contributed by atoms with Crippen molar-refractivity contribution in [1.82, 2.24) is 10.2 Å². The fourth-order valence-corrected chi connectivity index (χ4v) is 3.17. The predicted molar refractivity (Wildman–Crippen MR) is 102 cm³/mol. The molecule has 1 aliphatic heterocycles. The molecule has 0 spiro atoms. The molecule has 5 nitrogen and oxygen atoms in total. The van der Waals surface area contributed by atoms with E-state index in [2.05, 4.69) is 22.3 Å². The van der Waals surface area contributed by atoms with Crippen molar-refractivity contribution in [2.24, 2.45) is 5.92 Å². The Balaban J connectivity index is 1.48. The molecule has 0 atom stereocenters. The van der Waals surface area contributed by atoms with E-state index in [4.69, 9.17) is 21.1 Å². The second-order valence-corrected chi connectivity index (χ2v) is 6.81. The number of rotatable bonds is 7. The van der Waals surface area contributed by atoms with Crippen molar-refractivity contribution in [3.63, 3.8) is 0 Å². The van der Waals surface area contributed by atoms with E-state index in [9.17, 15) is 4.79 Å². The van der Waals surface area contributed by atoms with Crippen LogP contribution in [-0.2, 0) is 17.9 Å². The number of nitrogens with zero attached hydrogens (tertiary/aromatic N) is 1. The lowest BCUT2D eigenvalue weighted by Gasteiger charge is -2.38. The van der Waals surface area contributed by atoms with Gasteiger partial charge in [-0.25, -0.2) is 0 Å². The number of hydrogen-bond acceptors (Lipinski definition) is 4. The van der Waals surface area contributed by atoms with Crippen LogP contribution in [0.1, 0.15) is 11.1 Å². The minimum absolute atomic E-state index is 0.124. The number of halogens is 1. The summed E-state index contributed by atoms with van der Waals surface area (Å²) in [7, 11) is 3.28. The number of carbonyl (C=O) groups is 1. The first kappa shape index (κ1) is 18.5. The molecule has 1 heterocycles. The van der Waals surface area contributed by atoms with Gasteiger partial charge in [-0.1, -0.05) is 29.8 Å². The van der Waals surface area contributed by atoms with Gasteiger partial charge < -0.3 is 14.8 Å². The molecular weight excluding hydrogens is 352 g/mol. The summed E-state index contributed by atoms with van der Waals surface area (Å²) in [6.07, 6.45) is 0.